The third-order valence-electron chi connectivity index (χ3n) is 5.66. The standard InChI is InChI=1S/C21H24N4O3S/c1-13-6-7-15(10-14(13)2)25-18-5-3-4-17(16(18)11-22-25)23-19(26)8-9-24-20(27)12-29-21(24)28/h6-7,10-11,17H,3-5,8-9,12H2,1-2H3,(H,23,26). The van der Waals surface area contributed by atoms with E-state index in [0.717, 1.165) is 52.9 Å². The van der Waals surface area contributed by atoms with Crippen LogP contribution in [0.25, 0.3) is 5.69 Å². The van der Waals surface area contributed by atoms with E-state index in [1.54, 1.807) is 0 Å². The molecule has 0 spiro atoms. The molecule has 4 rings (SSSR count). The summed E-state index contributed by atoms with van der Waals surface area (Å²) in [5, 5.41) is 7.39. The molecule has 1 unspecified atom stereocenters. The van der Waals surface area contributed by atoms with E-state index in [9.17, 15) is 14.4 Å². The summed E-state index contributed by atoms with van der Waals surface area (Å²) < 4.78 is 1.97. The van der Waals surface area contributed by atoms with Crippen LogP contribution in [0.4, 0.5) is 4.79 Å². The Labute approximate surface area is 173 Å². The zero-order valence-corrected chi connectivity index (χ0v) is 17.4. The number of nitrogens with zero attached hydrogens (tertiary/aromatic N) is 3. The molecule has 1 aromatic carbocycles. The number of imide groups is 1. The summed E-state index contributed by atoms with van der Waals surface area (Å²) in [7, 11) is 0. The van der Waals surface area contributed by atoms with Gasteiger partial charge < -0.3 is 5.32 Å². The molecular weight excluding hydrogens is 388 g/mol. The van der Waals surface area contributed by atoms with Gasteiger partial charge in [-0.15, -0.1) is 0 Å². The number of rotatable bonds is 5. The molecule has 8 heteroatoms. The number of hydrogen-bond donors (Lipinski definition) is 1. The largest absolute Gasteiger partial charge is 0.349 e. The Morgan fingerprint density at radius 2 is 2.10 bits per heavy atom. The van der Waals surface area contributed by atoms with Gasteiger partial charge >= 0.3 is 0 Å². The molecule has 0 radical (unpaired) electrons. The highest BCUT2D eigenvalue weighted by atomic mass is 32.2. The Balaban J connectivity index is 1.45. The van der Waals surface area contributed by atoms with Crippen molar-refractivity contribution in [2.75, 3.05) is 12.3 Å². The van der Waals surface area contributed by atoms with Crippen LogP contribution in [0.5, 0.6) is 0 Å². The van der Waals surface area contributed by atoms with Crippen LogP contribution in [0, 0.1) is 13.8 Å². The summed E-state index contributed by atoms with van der Waals surface area (Å²) in [4.78, 5) is 37.0. The first-order valence-electron chi connectivity index (χ1n) is 9.85. The maximum atomic E-state index is 12.5. The average molecular weight is 413 g/mol. The minimum atomic E-state index is -0.266. The lowest BCUT2D eigenvalue weighted by atomic mass is 9.92. The number of fused-ring (bicyclic) bond motifs is 1. The van der Waals surface area contributed by atoms with Gasteiger partial charge in [0, 0.05) is 24.2 Å². The van der Waals surface area contributed by atoms with Gasteiger partial charge in [0.05, 0.1) is 23.7 Å². The van der Waals surface area contributed by atoms with Crippen LogP contribution in [-0.2, 0) is 16.0 Å². The molecule has 152 valence electrons. The zero-order chi connectivity index (χ0) is 20.5. The van der Waals surface area contributed by atoms with Crippen molar-refractivity contribution in [1.82, 2.24) is 20.0 Å². The van der Waals surface area contributed by atoms with Crippen LogP contribution >= 0.6 is 11.8 Å². The second kappa shape index (κ2) is 8.02. The number of nitrogens with one attached hydrogen (secondary N) is 1. The fourth-order valence-corrected chi connectivity index (χ4v) is 4.62. The van der Waals surface area contributed by atoms with Gasteiger partial charge in [-0.25, -0.2) is 4.68 Å². The lowest BCUT2D eigenvalue weighted by molar-refractivity contribution is -0.125. The molecule has 0 saturated carbocycles. The Hall–Kier alpha value is -2.61. The van der Waals surface area contributed by atoms with Gasteiger partial charge in [0.15, 0.2) is 0 Å². The van der Waals surface area contributed by atoms with E-state index < -0.39 is 0 Å². The summed E-state index contributed by atoms with van der Waals surface area (Å²) in [5.41, 5.74) is 5.67. The lowest BCUT2D eigenvalue weighted by Crippen LogP contribution is -2.36. The van der Waals surface area contributed by atoms with Crippen molar-refractivity contribution in [3.05, 3.63) is 46.8 Å². The van der Waals surface area contributed by atoms with E-state index in [2.05, 4.69) is 42.5 Å². The third-order valence-corrected chi connectivity index (χ3v) is 6.51. The Kier molecular flexibility index (Phi) is 5.45. The van der Waals surface area contributed by atoms with Crippen molar-refractivity contribution < 1.29 is 14.4 Å². The Morgan fingerprint density at radius 1 is 1.28 bits per heavy atom. The molecule has 1 aromatic heterocycles. The SMILES string of the molecule is Cc1ccc(-n2ncc3c2CCCC3NC(=O)CCN2C(=O)CSC2=O)cc1C. The van der Waals surface area contributed by atoms with Crippen LogP contribution < -0.4 is 5.32 Å². The van der Waals surface area contributed by atoms with Gasteiger partial charge in [0.1, 0.15) is 0 Å². The molecule has 1 aliphatic carbocycles. The second-order valence-electron chi connectivity index (χ2n) is 7.59. The number of benzene rings is 1. The summed E-state index contributed by atoms with van der Waals surface area (Å²) >= 11 is 0.989. The highest BCUT2D eigenvalue weighted by Crippen LogP contribution is 2.31. The highest BCUT2D eigenvalue weighted by molar-refractivity contribution is 8.14. The van der Waals surface area contributed by atoms with Gasteiger partial charge in [0.25, 0.3) is 5.24 Å². The highest BCUT2D eigenvalue weighted by Gasteiger charge is 2.31. The van der Waals surface area contributed by atoms with E-state index in [1.165, 1.54) is 11.1 Å². The van der Waals surface area contributed by atoms with Crippen molar-refractivity contribution in [3.8, 4) is 5.69 Å². The van der Waals surface area contributed by atoms with E-state index in [0.29, 0.717) is 0 Å². The first-order valence-corrected chi connectivity index (χ1v) is 10.8. The predicted octanol–water partition coefficient (Wildman–Crippen LogP) is 3.07. The number of thioether (sulfide) groups is 1. The molecule has 2 aliphatic rings. The number of aromatic nitrogens is 2. The van der Waals surface area contributed by atoms with Crippen molar-refractivity contribution in [2.45, 2.75) is 45.6 Å². The third kappa shape index (κ3) is 3.94. The first-order chi connectivity index (χ1) is 13.9. The molecule has 1 N–H and O–H groups in total. The van der Waals surface area contributed by atoms with Crippen LogP contribution in [0.1, 0.15) is 47.7 Å². The summed E-state index contributed by atoms with van der Waals surface area (Å²) in [6.07, 6.45) is 4.71. The molecule has 1 saturated heterocycles. The topological polar surface area (TPSA) is 84.3 Å². The summed E-state index contributed by atoms with van der Waals surface area (Å²) in [6, 6.07) is 6.21. The van der Waals surface area contributed by atoms with Gasteiger partial charge in [0.2, 0.25) is 11.8 Å². The predicted molar refractivity (Wildman–Crippen MR) is 111 cm³/mol. The van der Waals surface area contributed by atoms with Gasteiger partial charge in [-0.05, 0) is 56.4 Å². The minimum absolute atomic E-state index is 0.0918. The number of aryl methyl sites for hydroxylation is 2. The number of carbonyl (C=O) groups excluding carboxylic acids is 3. The molecule has 29 heavy (non-hydrogen) atoms. The van der Waals surface area contributed by atoms with Crippen molar-refractivity contribution in [1.29, 1.82) is 0 Å². The maximum Gasteiger partial charge on any atom is 0.288 e. The number of hydrogen-bond acceptors (Lipinski definition) is 5. The van der Waals surface area contributed by atoms with Crippen molar-refractivity contribution >= 4 is 28.8 Å². The van der Waals surface area contributed by atoms with Crippen LogP contribution in [0.2, 0.25) is 0 Å². The molecule has 2 heterocycles. The fraction of sp³-hybridized carbons (Fsp3) is 0.429. The Morgan fingerprint density at radius 3 is 2.83 bits per heavy atom. The molecule has 1 atom stereocenters. The number of carbonyl (C=O) groups is 3. The molecule has 0 bridgehead atoms. The van der Waals surface area contributed by atoms with Crippen LogP contribution in [-0.4, -0.2) is 44.0 Å². The molecule has 1 aliphatic heterocycles. The van der Waals surface area contributed by atoms with E-state index in [1.807, 2.05) is 10.9 Å². The lowest BCUT2D eigenvalue weighted by Gasteiger charge is -2.24. The number of amides is 3. The van der Waals surface area contributed by atoms with Gasteiger partial charge in [-0.2, -0.15) is 5.10 Å². The Bertz CT molecular complexity index is 968. The van der Waals surface area contributed by atoms with Crippen molar-refractivity contribution in [2.24, 2.45) is 0 Å². The van der Waals surface area contributed by atoms with Crippen LogP contribution in [0.3, 0.4) is 0 Å². The zero-order valence-electron chi connectivity index (χ0n) is 16.6. The molecule has 2 aromatic rings. The summed E-state index contributed by atoms with van der Waals surface area (Å²) in [5.74, 6) is -0.203. The quantitative estimate of drug-likeness (QED) is 0.816. The van der Waals surface area contributed by atoms with Crippen molar-refractivity contribution in [3.63, 3.8) is 0 Å². The normalized spacial score (nSPS) is 18.8. The monoisotopic (exact) mass is 412 g/mol. The van der Waals surface area contributed by atoms with E-state index in [4.69, 9.17) is 0 Å². The second-order valence-corrected chi connectivity index (χ2v) is 8.52. The smallest absolute Gasteiger partial charge is 0.288 e. The summed E-state index contributed by atoms with van der Waals surface area (Å²) in [6.45, 7) is 4.31. The first kappa shape index (κ1) is 19.7. The minimum Gasteiger partial charge on any atom is -0.349 e. The van der Waals surface area contributed by atoms with E-state index in [-0.39, 0.29) is 41.8 Å². The van der Waals surface area contributed by atoms with Gasteiger partial charge in [-0.1, -0.05) is 17.8 Å². The van der Waals surface area contributed by atoms with E-state index >= 15 is 0 Å². The maximum absolute atomic E-state index is 12.5. The molecular formula is C21H24N4O3S. The van der Waals surface area contributed by atoms with Gasteiger partial charge in [-0.3, -0.25) is 19.3 Å². The molecule has 3 amide bonds. The van der Waals surface area contributed by atoms with Crippen LogP contribution in [0.15, 0.2) is 24.4 Å². The average Bonchev–Trinajstić information content (AvgIpc) is 3.27. The molecule has 7 nitrogen and oxygen atoms in total. The molecule has 1 fully saturated rings. The fourth-order valence-electron chi connectivity index (χ4n) is 3.86.